The maximum absolute atomic E-state index is 5.37. The first-order valence-electron chi connectivity index (χ1n) is 5.59. The lowest BCUT2D eigenvalue weighted by Crippen LogP contribution is -2.36. The van der Waals surface area contributed by atoms with Crippen molar-refractivity contribution in [2.24, 2.45) is 7.05 Å². The molecule has 0 unspecified atom stereocenters. The van der Waals surface area contributed by atoms with Crippen LogP contribution in [0.1, 0.15) is 0 Å². The molecule has 1 aliphatic rings. The Morgan fingerprint density at radius 3 is 2.88 bits per heavy atom. The van der Waals surface area contributed by atoms with Crippen LogP contribution >= 0.6 is 0 Å². The van der Waals surface area contributed by atoms with Gasteiger partial charge in [-0.2, -0.15) is 0 Å². The fourth-order valence-electron chi connectivity index (χ4n) is 2.20. The lowest BCUT2D eigenvalue weighted by molar-refractivity contribution is 0.123. The maximum atomic E-state index is 5.37. The zero-order valence-electron chi connectivity index (χ0n) is 9.39. The minimum Gasteiger partial charge on any atom is -0.378 e. The summed E-state index contributed by atoms with van der Waals surface area (Å²) in [6, 6.07) is 6.34. The number of aromatic nitrogens is 2. The Bertz CT molecular complexity index is 500. The van der Waals surface area contributed by atoms with E-state index in [1.807, 2.05) is 13.4 Å². The number of rotatable bonds is 1. The fourth-order valence-corrected chi connectivity index (χ4v) is 2.20. The molecule has 4 heteroatoms. The molecule has 2 heterocycles. The molecule has 3 rings (SSSR count). The van der Waals surface area contributed by atoms with Crippen molar-refractivity contribution in [3.63, 3.8) is 0 Å². The van der Waals surface area contributed by atoms with Crippen molar-refractivity contribution < 1.29 is 4.74 Å². The molecule has 0 bridgehead atoms. The molecule has 1 aromatic carbocycles. The van der Waals surface area contributed by atoms with Gasteiger partial charge in [-0.05, 0) is 12.1 Å². The van der Waals surface area contributed by atoms with Crippen LogP contribution in [0.25, 0.3) is 11.0 Å². The minimum atomic E-state index is 0.809. The standard InChI is InChI=1S/C12H15N3O/c1-14-9-13-12-10(14)3-2-4-11(12)15-5-7-16-8-6-15/h2-4,9H,5-8H2,1H3. The molecule has 0 atom stereocenters. The highest BCUT2D eigenvalue weighted by molar-refractivity contribution is 5.89. The van der Waals surface area contributed by atoms with E-state index in [1.54, 1.807) is 0 Å². The van der Waals surface area contributed by atoms with Crippen LogP contribution in [0.15, 0.2) is 24.5 Å². The summed E-state index contributed by atoms with van der Waals surface area (Å²) >= 11 is 0. The lowest BCUT2D eigenvalue weighted by Gasteiger charge is -2.28. The third-order valence-electron chi connectivity index (χ3n) is 3.09. The first-order chi connectivity index (χ1) is 7.86. The number of nitrogens with zero attached hydrogens (tertiary/aromatic N) is 3. The Labute approximate surface area is 94.4 Å². The van der Waals surface area contributed by atoms with E-state index in [-0.39, 0.29) is 0 Å². The lowest BCUT2D eigenvalue weighted by atomic mass is 10.2. The third-order valence-corrected chi connectivity index (χ3v) is 3.09. The van der Waals surface area contributed by atoms with Crippen LogP contribution in [-0.4, -0.2) is 35.9 Å². The van der Waals surface area contributed by atoms with E-state index in [0.717, 1.165) is 31.8 Å². The average Bonchev–Trinajstić information content (AvgIpc) is 2.73. The van der Waals surface area contributed by atoms with Gasteiger partial charge in [-0.25, -0.2) is 4.98 Å². The predicted octanol–water partition coefficient (Wildman–Crippen LogP) is 1.41. The number of fused-ring (bicyclic) bond motifs is 1. The van der Waals surface area contributed by atoms with Gasteiger partial charge in [0.25, 0.3) is 0 Å². The molecule has 1 aromatic heterocycles. The number of ether oxygens (including phenoxy) is 1. The van der Waals surface area contributed by atoms with Crippen LogP contribution in [0.4, 0.5) is 5.69 Å². The summed E-state index contributed by atoms with van der Waals surface area (Å²) in [5, 5.41) is 0. The van der Waals surface area contributed by atoms with Crippen molar-refractivity contribution in [3.05, 3.63) is 24.5 Å². The topological polar surface area (TPSA) is 30.3 Å². The fraction of sp³-hybridized carbons (Fsp3) is 0.417. The summed E-state index contributed by atoms with van der Waals surface area (Å²) in [5.74, 6) is 0. The number of para-hydroxylation sites is 1. The van der Waals surface area contributed by atoms with Gasteiger partial charge >= 0.3 is 0 Å². The summed E-state index contributed by atoms with van der Waals surface area (Å²) in [6.45, 7) is 3.53. The van der Waals surface area contributed by atoms with Gasteiger partial charge < -0.3 is 14.2 Å². The summed E-state index contributed by atoms with van der Waals surface area (Å²) in [6.07, 6.45) is 1.87. The van der Waals surface area contributed by atoms with E-state index >= 15 is 0 Å². The van der Waals surface area contributed by atoms with Crippen molar-refractivity contribution in [1.82, 2.24) is 9.55 Å². The van der Waals surface area contributed by atoms with Crippen molar-refractivity contribution in [1.29, 1.82) is 0 Å². The van der Waals surface area contributed by atoms with E-state index in [1.165, 1.54) is 11.2 Å². The van der Waals surface area contributed by atoms with E-state index in [0.29, 0.717) is 0 Å². The second kappa shape index (κ2) is 3.79. The molecular weight excluding hydrogens is 202 g/mol. The smallest absolute Gasteiger partial charge is 0.112 e. The van der Waals surface area contributed by atoms with E-state index in [9.17, 15) is 0 Å². The molecule has 0 aliphatic carbocycles. The molecule has 0 radical (unpaired) electrons. The quantitative estimate of drug-likeness (QED) is 0.723. The summed E-state index contributed by atoms with van der Waals surface area (Å²) < 4.78 is 7.43. The molecule has 2 aromatic rings. The Kier molecular flexibility index (Phi) is 2.29. The molecular formula is C12H15N3O. The molecule has 1 saturated heterocycles. The first-order valence-corrected chi connectivity index (χ1v) is 5.59. The van der Waals surface area contributed by atoms with Crippen LogP contribution in [0.3, 0.4) is 0 Å². The molecule has 84 valence electrons. The second-order valence-corrected chi connectivity index (χ2v) is 4.10. The van der Waals surface area contributed by atoms with Gasteiger partial charge in [-0.3, -0.25) is 0 Å². The van der Waals surface area contributed by atoms with E-state index in [4.69, 9.17) is 4.74 Å². The molecule has 0 saturated carbocycles. The highest BCUT2D eigenvalue weighted by Gasteiger charge is 2.15. The van der Waals surface area contributed by atoms with Crippen LogP contribution in [0.5, 0.6) is 0 Å². The molecule has 0 spiro atoms. The molecule has 1 aliphatic heterocycles. The van der Waals surface area contributed by atoms with E-state index < -0.39 is 0 Å². The number of morpholine rings is 1. The predicted molar refractivity (Wildman–Crippen MR) is 63.7 cm³/mol. The Morgan fingerprint density at radius 2 is 2.06 bits per heavy atom. The molecule has 16 heavy (non-hydrogen) atoms. The van der Waals surface area contributed by atoms with Gasteiger partial charge in [0.15, 0.2) is 0 Å². The largest absolute Gasteiger partial charge is 0.378 e. The van der Waals surface area contributed by atoms with Gasteiger partial charge in [0, 0.05) is 20.1 Å². The highest BCUT2D eigenvalue weighted by Crippen LogP contribution is 2.25. The van der Waals surface area contributed by atoms with E-state index in [2.05, 4.69) is 32.7 Å². The molecule has 0 amide bonds. The van der Waals surface area contributed by atoms with Crippen LogP contribution in [0.2, 0.25) is 0 Å². The zero-order chi connectivity index (χ0) is 11.0. The first kappa shape index (κ1) is 9.66. The summed E-state index contributed by atoms with van der Waals surface area (Å²) in [5.41, 5.74) is 3.50. The molecule has 4 nitrogen and oxygen atoms in total. The highest BCUT2D eigenvalue weighted by atomic mass is 16.5. The Balaban J connectivity index is 2.08. The van der Waals surface area contributed by atoms with Crippen LogP contribution in [-0.2, 0) is 11.8 Å². The number of aryl methyl sites for hydroxylation is 1. The monoisotopic (exact) mass is 217 g/mol. The minimum absolute atomic E-state index is 0.809. The van der Waals surface area contributed by atoms with Gasteiger partial charge in [0.1, 0.15) is 5.52 Å². The number of benzene rings is 1. The zero-order valence-corrected chi connectivity index (χ0v) is 9.39. The number of imidazole rings is 1. The third kappa shape index (κ3) is 1.46. The summed E-state index contributed by atoms with van der Waals surface area (Å²) in [7, 11) is 2.03. The number of hydrogen-bond acceptors (Lipinski definition) is 3. The molecule has 0 N–H and O–H groups in total. The average molecular weight is 217 g/mol. The van der Waals surface area contributed by atoms with Gasteiger partial charge in [0.05, 0.1) is 30.7 Å². The second-order valence-electron chi connectivity index (χ2n) is 4.10. The van der Waals surface area contributed by atoms with Gasteiger partial charge in [0.2, 0.25) is 0 Å². The van der Waals surface area contributed by atoms with Crippen molar-refractivity contribution in [3.8, 4) is 0 Å². The van der Waals surface area contributed by atoms with Crippen molar-refractivity contribution in [2.75, 3.05) is 31.2 Å². The van der Waals surface area contributed by atoms with Gasteiger partial charge in [-0.1, -0.05) is 6.07 Å². The number of anilines is 1. The van der Waals surface area contributed by atoms with Crippen molar-refractivity contribution in [2.45, 2.75) is 0 Å². The SMILES string of the molecule is Cn1cnc2c(N3CCOCC3)cccc21. The Morgan fingerprint density at radius 1 is 1.25 bits per heavy atom. The van der Waals surface area contributed by atoms with Crippen LogP contribution in [0, 0.1) is 0 Å². The van der Waals surface area contributed by atoms with Crippen molar-refractivity contribution >= 4 is 16.7 Å². The maximum Gasteiger partial charge on any atom is 0.112 e. The molecule has 1 fully saturated rings. The number of hydrogen-bond donors (Lipinski definition) is 0. The van der Waals surface area contributed by atoms with Gasteiger partial charge in [-0.15, -0.1) is 0 Å². The Hall–Kier alpha value is -1.55. The normalized spacial score (nSPS) is 16.9. The van der Waals surface area contributed by atoms with Crippen LogP contribution < -0.4 is 4.90 Å². The summed E-state index contributed by atoms with van der Waals surface area (Å²) in [4.78, 5) is 6.82.